The Labute approximate surface area is 166 Å². The molecule has 1 fully saturated rings. The second-order valence-electron chi connectivity index (χ2n) is 7.35. The van der Waals surface area contributed by atoms with Crippen molar-refractivity contribution in [2.24, 2.45) is 0 Å². The molecule has 146 valence electrons. The smallest absolute Gasteiger partial charge is 0.115 e. The Morgan fingerprint density at radius 3 is 2.33 bits per heavy atom. The number of aliphatic hydroxyl groups is 1. The number of benzene rings is 2. The lowest BCUT2D eigenvalue weighted by Gasteiger charge is -2.33. The predicted molar refractivity (Wildman–Crippen MR) is 108 cm³/mol. The van der Waals surface area contributed by atoms with Crippen LogP contribution in [0.4, 0.5) is 0 Å². The number of aromatic hydroxyl groups is 1. The van der Waals surface area contributed by atoms with Crippen LogP contribution >= 0.6 is 11.6 Å². The Hall–Kier alpha value is -1.59. The molecule has 0 spiro atoms. The third-order valence-corrected chi connectivity index (χ3v) is 5.55. The van der Waals surface area contributed by atoms with E-state index in [2.05, 4.69) is 4.90 Å². The average Bonchev–Trinajstić information content (AvgIpc) is 2.68. The average molecular weight is 390 g/mol. The van der Waals surface area contributed by atoms with Crippen LogP contribution in [-0.4, -0.2) is 47.5 Å². The Morgan fingerprint density at radius 1 is 1.07 bits per heavy atom. The molecule has 1 aliphatic heterocycles. The van der Waals surface area contributed by atoms with Gasteiger partial charge < -0.3 is 19.8 Å². The molecule has 0 saturated carbocycles. The van der Waals surface area contributed by atoms with Crippen LogP contribution in [0.3, 0.4) is 0 Å². The zero-order valence-electron chi connectivity index (χ0n) is 15.7. The second-order valence-corrected chi connectivity index (χ2v) is 7.78. The molecule has 2 atom stereocenters. The number of likely N-dealkylation sites (tertiary alicyclic amines) is 1. The van der Waals surface area contributed by atoms with E-state index in [4.69, 9.17) is 16.3 Å². The van der Waals surface area contributed by atoms with Gasteiger partial charge in [-0.25, -0.2) is 0 Å². The van der Waals surface area contributed by atoms with Crippen LogP contribution in [0.15, 0.2) is 48.5 Å². The van der Waals surface area contributed by atoms with Gasteiger partial charge in [0.05, 0.1) is 18.8 Å². The number of phenolic OH excluding ortho intramolecular Hbond substituents is 1. The second kappa shape index (κ2) is 9.56. The summed E-state index contributed by atoms with van der Waals surface area (Å²) in [6, 6.07) is 15.1. The summed E-state index contributed by atoms with van der Waals surface area (Å²) in [5, 5.41) is 20.5. The number of halogens is 1. The van der Waals surface area contributed by atoms with E-state index in [0.29, 0.717) is 29.8 Å². The van der Waals surface area contributed by atoms with Crippen LogP contribution in [0.1, 0.15) is 42.9 Å². The number of phenols is 1. The topological polar surface area (TPSA) is 52.9 Å². The third-order valence-electron chi connectivity index (χ3n) is 5.30. The van der Waals surface area contributed by atoms with Gasteiger partial charge in [-0.1, -0.05) is 35.9 Å². The Kier molecular flexibility index (Phi) is 7.13. The SMILES string of the molecule is C[C@@H](OC[C@@H](O)CN1CCC(c2ccc(O)cc2)CC1)c1ccc(Cl)cc1. The fourth-order valence-corrected chi connectivity index (χ4v) is 3.76. The van der Waals surface area contributed by atoms with E-state index in [1.165, 1.54) is 5.56 Å². The first-order valence-corrected chi connectivity index (χ1v) is 9.95. The molecule has 1 aliphatic rings. The van der Waals surface area contributed by atoms with E-state index < -0.39 is 6.10 Å². The molecule has 3 rings (SSSR count). The molecule has 0 aromatic heterocycles. The van der Waals surface area contributed by atoms with E-state index in [9.17, 15) is 10.2 Å². The van der Waals surface area contributed by atoms with Crippen molar-refractivity contribution in [3.63, 3.8) is 0 Å². The Morgan fingerprint density at radius 2 is 1.70 bits per heavy atom. The van der Waals surface area contributed by atoms with Crippen molar-refractivity contribution in [3.8, 4) is 5.75 Å². The number of hydrogen-bond acceptors (Lipinski definition) is 4. The summed E-state index contributed by atoms with van der Waals surface area (Å²) in [4.78, 5) is 2.30. The molecule has 4 nitrogen and oxygen atoms in total. The van der Waals surface area contributed by atoms with Crippen molar-refractivity contribution in [2.45, 2.75) is 37.9 Å². The summed E-state index contributed by atoms with van der Waals surface area (Å²) in [5.41, 5.74) is 2.34. The lowest BCUT2D eigenvalue weighted by Crippen LogP contribution is -2.40. The van der Waals surface area contributed by atoms with Gasteiger partial charge in [-0.05, 0) is 74.2 Å². The highest BCUT2D eigenvalue weighted by Crippen LogP contribution is 2.29. The van der Waals surface area contributed by atoms with Crippen LogP contribution in [0, 0.1) is 0 Å². The van der Waals surface area contributed by atoms with E-state index in [1.807, 2.05) is 43.3 Å². The molecule has 2 N–H and O–H groups in total. The molecule has 1 saturated heterocycles. The summed E-state index contributed by atoms with van der Waals surface area (Å²) in [6.45, 7) is 4.88. The fourth-order valence-electron chi connectivity index (χ4n) is 3.63. The normalized spacial score (nSPS) is 18.3. The maximum atomic E-state index is 10.3. The number of ether oxygens (including phenoxy) is 1. The summed E-state index contributed by atoms with van der Waals surface area (Å²) >= 11 is 5.91. The largest absolute Gasteiger partial charge is 0.508 e. The van der Waals surface area contributed by atoms with Crippen LogP contribution in [0.5, 0.6) is 5.75 Å². The van der Waals surface area contributed by atoms with Gasteiger partial charge >= 0.3 is 0 Å². The minimum Gasteiger partial charge on any atom is -0.508 e. The van der Waals surface area contributed by atoms with Crippen molar-refractivity contribution in [3.05, 3.63) is 64.7 Å². The van der Waals surface area contributed by atoms with Crippen LogP contribution < -0.4 is 0 Å². The van der Waals surface area contributed by atoms with Gasteiger partial charge in [0.1, 0.15) is 5.75 Å². The number of β-amino-alcohol motifs (C(OH)–C–C–N with tert-alkyl or cyclic N) is 1. The highest BCUT2D eigenvalue weighted by molar-refractivity contribution is 6.30. The predicted octanol–water partition coefficient (Wildman–Crippen LogP) is 4.36. The molecular formula is C22H28ClNO3. The number of aliphatic hydroxyl groups excluding tert-OH is 1. The highest BCUT2D eigenvalue weighted by atomic mass is 35.5. The van der Waals surface area contributed by atoms with Crippen molar-refractivity contribution >= 4 is 11.6 Å². The van der Waals surface area contributed by atoms with Crippen molar-refractivity contribution < 1.29 is 14.9 Å². The first-order valence-electron chi connectivity index (χ1n) is 9.57. The zero-order chi connectivity index (χ0) is 19.2. The van der Waals surface area contributed by atoms with Crippen molar-refractivity contribution in [2.75, 3.05) is 26.2 Å². The minimum atomic E-state index is -0.495. The van der Waals surface area contributed by atoms with Gasteiger partial charge in [0, 0.05) is 11.6 Å². The Bertz CT molecular complexity index is 697. The number of rotatable bonds is 7. The molecule has 5 heteroatoms. The van der Waals surface area contributed by atoms with Gasteiger partial charge in [0.2, 0.25) is 0 Å². The molecule has 27 heavy (non-hydrogen) atoms. The lowest BCUT2D eigenvalue weighted by molar-refractivity contribution is -0.0181. The molecular weight excluding hydrogens is 362 g/mol. The maximum Gasteiger partial charge on any atom is 0.115 e. The molecule has 0 amide bonds. The van der Waals surface area contributed by atoms with Crippen LogP contribution in [0.2, 0.25) is 5.02 Å². The molecule has 0 bridgehead atoms. The van der Waals surface area contributed by atoms with E-state index in [-0.39, 0.29) is 6.10 Å². The summed E-state index contributed by atoms with van der Waals surface area (Å²) < 4.78 is 5.83. The Balaban J connectivity index is 1.39. The van der Waals surface area contributed by atoms with Gasteiger partial charge in [-0.2, -0.15) is 0 Å². The van der Waals surface area contributed by atoms with E-state index >= 15 is 0 Å². The van der Waals surface area contributed by atoms with Crippen molar-refractivity contribution in [1.29, 1.82) is 0 Å². The lowest BCUT2D eigenvalue weighted by atomic mass is 9.89. The number of hydrogen-bond donors (Lipinski definition) is 2. The molecule has 0 aliphatic carbocycles. The fraction of sp³-hybridized carbons (Fsp3) is 0.455. The van der Waals surface area contributed by atoms with Gasteiger partial charge in [-0.15, -0.1) is 0 Å². The summed E-state index contributed by atoms with van der Waals surface area (Å²) in [7, 11) is 0. The standard InChI is InChI=1S/C22H28ClNO3/c1-16(17-2-6-20(23)7-3-17)27-15-22(26)14-24-12-10-19(11-13-24)18-4-8-21(25)9-5-18/h2-9,16,19,22,25-26H,10-15H2,1H3/t16-,22+/m1/s1. The summed E-state index contributed by atoms with van der Waals surface area (Å²) in [6.07, 6.45) is 1.57. The molecule has 2 aromatic rings. The van der Waals surface area contributed by atoms with Crippen LogP contribution in [-0.2, 0) is 4.74 Å². The van der Waals surface area contributed by atoms with Crippen LogP contribution in [0.25, 0.3) is 0 Å². The molecule has 0 radical (unpaired) electrons. The van der Waals surface area contributed by atoms with E-state index in [0.717, 1.165) is 31.5 Å². The number of piperidine rings is 1. The zero-order valence-corrected chi connectivity index (χ0v) is 16.5. The van der Waals surface area contributed by atoms with Crippen molar-refractivity contribution in [1.82, 2.24) is 4.90 Å². The number of nitrogens with zero attached hydrogens (tertiary/aromatic N) is 1. The first kappa shape index (κ1) is 20.2. The maximum absolute atomic E-state index is 10.3. The monoisotopic (exact) mass is 389 g/mol. The van der Waals surface area contributed by atoms with E-state index in [1.54, 1.807) is 12.1 Å². The molecule has 1 heterocycles. The molecule has 0 unspecified atom stereocenters. The van der Waals surface area contributed by atoms with Gasteiger partial charge in [0.15, 0.2) is 0 Å². The highest BCUT2D eigenvalue weighted by Gasteiger charge is 2.22. The molecule has 2 aromatic carbocycles. The summed E-state index contributed by atoms with van der Waals surface area (Å²) in [5.74, 6) is 0.840. The van der Waals surface area contributed by atoms with Gasteiger partial charge in [-0.3, -0.25) is 0 Å². The quantitative estimate of drug-likeness (QED) is 0.738. The third kappa shape index (κ3) is 5.94. The van der Waals surface area contributed by atoms with Gasteiger partial charge in [0.25, 0.3) is 0 Å². The first-order chi connectivity index (χ1) is 13.0. The minimum absolute atomic E-state index is 0.0721.